The number of hydrogen-bond donors (Lipinski definition) is 1. The minimum absolute atomic E-state index is 0.124. The van der Waals surface area contributed by atoms with Crippen molar-refractivity contribution in [2.24, 2.45) is 11.8 Å². The first kappa shape index (κ1) is 15.3. The summed E-state index contributed by atoms with van der Waals surface area (Å²) in [5.41, 5.74) is 0. The van der Waals surface area contributed by atoms with Crippen LogP contribution in [0.5, 0.6) is 0 Å². The lowest BCUT2D eigenvalue weighted by atomic mass is 9.97. The van der Waals surface area contributed by atoms with Gasteiger partial charge in [-0.05, 0) is 51.6 Å². The molecule has 0 bridgehead atoms. The Morgan fingerprint density at radius 2 is 2.20 bits per heavy atom. The molecule has 0 spiro atoms. The van der Waals surface area contributed by atoms with Gasteiger partial charge in [0.25, 0.3) is 0 Å². The first-order valence-corrected chi connectivity index (χ1v) is 7.85. The summed E-state index contributed by atoms with van der Waals surface area (Å²) in [5.74, 6) is 0.571. The maximum atomic E-state index is 12.2. The van der Waals surface area contributed by atoms with E-state index >= 15 is 0 Å². The quantitative estimate of drug-likeness (QED) is 0.769. The number of rotatable bonds is 5. The third-order valence-corrected chi connectivity index (χ3v) is 4.32. The van der Waals surface area contributed by atoms with Gasteiger partial charge in [0.1, 0.15) is 0 Å². The summed E-state index contributed by atoms with van der Waals surface area (Å²) < 4.78 is 5.07. The van der Waals surface area contributed by atoms with E-state index in [4.69, 9.17) is 4.74 Å². The SMILES string of the molecule is CCOC(=O)C1CCCN(C(=O)CCC2CCNC2)C1. The molecule has 0 radical (unpaired) electrons. The van der Waals surface area contributed by atoms with Crippen molar-refractivity contribution in [1.82, 2.24) is 10.2 Å². The summed E-state index contributed by atoms with van der Waals surface area (Å²) in [6.07, 6.45) is 4.50. The molecule has 2 aliphatic heterocycles. The molecule has 5 heteroatoms. The molecule has 2 rings (SSSR count). The van der Waals surface area contributed by atoms with Gasteiger partial charge in [-0.25, -0.2) is 0 Å². The van der Waals surface area contributed by atoms with Gasteiger partial charge in [-0.1, -0.05) is 0 Å². The number of carbonyl (C=O) groups excluding carboxylic acids is 2. The van der Waals surface area contributed by atoms with Crippen LogP contribution in [0.1, 0.15) is 39.0 Å². The van der Waals surface area contributed by atoms with Crippen LogP contribution in [-0.4, -0.2) is 49.6 Å². The fourth-order valence-electron chi connectivity index (χ4n) is 3.10. The molecule has 20 heavy (non-hydrogen) atoms. The predicted molar refractivity (Wildman–Crippen MR) is 76.1 cm³/mol. The third kappa shape index (κ3) is 4.20. The van der Waals surface area contributed by atoms with Crippen molar-refractivity contribution < 1.29 is 14.3 Å². The zero-order valence-corrected chi connectivity index (χ0v) is 12.4. The standard InChI is InChI=1S/C15H26N2O3/c1-2-20-15(19)13-4-3-9-17(11-13)14(18)6-5-12-7-8-16-10-12/h12-13,16H,2-11H2,1H3. The average Bonchev–Trinajstić information content (AvgIpc) is 2.98. The molecule has 1 amide bonds. The van der Waals surface area contributed by atoms with Crippen LogP contribution >= 0.6 is 0 Å². The minimum atomic E-state index is -0.148. The molecule has 2 fully saturated rings. The Morgan fingerprint density at radius 1 is 1.35 bits per heavy atom. The number of likely N-dealkylation sites (tertiary alicyclic amines) is 1. The van der Waals surface area contributed by atoms with E-state index in [1.54, 1.807) is 0 Å². The zero-order valence-electron chi connectivity index (χ0n) is 12.4. The smallest absolute Gasteiger partial charge is 0.310 e. The second-order valence-corrected chi connectivity index (χ2v) is 5.83. The van der Waals surface area contributed by atoms with E-state index in [9.17, 15) is 9.59 Å². The van der Waals surface area contributed by atoms with E-state index in [0.717, 1.165) is 38.9 Å². The second-order valence-electron chi connectivity index (χ2n) is 5.83. The highest BCUT2D eigenvalue weighted by atomic mass is 16.5. The monoisotopic (exact) mass is 282 g/mol. The van der Waals surface area contributed by atoms with Gasteiger partial charge in [0, 0.05) is 19.5 Å². The minimum Gasteiger partial charge on any atom is -0.466 e. The van der Waals surface area contributed by atoms with E-state index in [0.29, 0.717) is 25.5 Å². The molecule has 2 atom stereocenters. The maximum Gasteiger partial charge on any atom is 0.310 e. The van der Waals surface area contributed by atoms with E-state index < -0.39 is 0 Å². The van der Waals surface area contributed by atoms with Crippen LogP contribution in [0.3, 0.4) is 0 Å². The lowest BCUT2D eigenvalue weighted by Crippen LogP contribution is -2.42. The van der Waals surface area contributed by atoms with Crippen molar-refractivity contribution in [3.63, 3.8) is 0 Å². The van der Waals surface area contributed by atoms with Crippen molar-refractivity contribution >= 4 is 11.9 Å². The summed E-state index contributed by atoms with van der Waals surface area (Å²) in [6.45, 7) is 5.68. The highest BCUT2D eigenvalue weighted by Gasteiger charge is 2.29. The molecule has 5 nitrogen and oxygen atoms in total. The molecule has 0 aromatic rings. The number of piperidine rings is 1. The van der Waals surface area contributed by atoms with Gasteiger partial charge in [0.2, 0.25) is 5.91 Å². The average molecular weight is 282 g/mol. The molecule has 2 heterocycles. The van der Waals surface area contributed by atoms with Crippen LogP contribution in [0, 0.1) is 11.8 Å². The Labute approximate surface area is 121 Å². The van der Waals surface area contributed by atoms with Gasteiger partial charge in [0.15, 0.2) is 0 Å². The van der Waals surface area contributed by atoms with Crippen LogP contribution in [0.2, 0.25) is 0 Å². The van der Waals surface area contributed by atoms with Crippen molar-refractivity contribution in [2.75, 3.05) is 32.8 Å². The number of nitrogens with one attached hydrogen (secondary N) is 1. The molecule has 0 aliphatic carbocycles. The predicted octanol–water partition coefficient (Wildman–Crippen LogP) is 1.18. The first-order chi connectivity index (χ1) is 9.70. The van der Waals surface area contributed by atoms with Crippen molar-refractivity contribution in [3.8, 4) is 0 Å². The molecular formula is C15H26N2O3. The first-order valence-electron chi connectivity index (χ1n) is 7.85. The summed E-state index contributed by atoms with van der Waals surface area (Å²) in [5, 5.41) is 3.33. The highest BCUT2D eigenvalue weighted by Crippen LogP contribution is 2.20. The van der Waals surface area contributed by atoms with Gasteiger partial charge in [-0.15, -0.1) is 0 Å². The summed E-state index contributed by atoms with van der Waals surface area (Å²) in [6, 6.07) is 0. The molecule has 2 saturated heterocycles. The topological polar surface area (TPSA) is 58.6 Å². The fourth-order valence-corrected chi connectivity index (χ4v) is 3.10. The Hall–Kier alpha value is -1.10. The van der Waals surface area contributed by atoms with Gasteiger partial charge in [0.05, 0.1) is 12.5 Å². The molecule has 0 aromatic carbocycles. The van der Waals surface area contributed by atoms with Gasteiger partial charge >= 0.3 is 5.97 Å². The Balaban J connectivity index is 1.75. The van der Waals surface area contributed by atoms with Crippen LogP contribution in [0.15, 0.2) is 0 Å². The molecule has 114 valence electrons. The van der Waals surface area contributed by atoms with Gasteiger partial charge in [-0.3, -0.25) is 9.59 Å². The van der Waals surface area contributed by atoms with Crippen LogP contribution in [0.25, 0.3) is 0 Å². The van der Waals surface area contributed by atoms with E-state index in [1.165, 1.54) is 6.42 Å². The molecule has 0 aromatic heterocycles. The van der Waals surface area contributed by atoms with E-state index in [-0.39, 0.29) is 17.8 Å². The second kappa shape index (κ2) is 7.62. The normalized spacial score (nSPS) is 26.6. The summed E-state index contributed by atoms with van der Waals surface area (Å²) >= 11 is 0. The largest absolute Gasteiger partial charge is 0.466 e. The number of carbonyl (C=O) groups is 2. The molecule has 2 unspecified atom stereocenters. The van der Waals surface area contributed by atoms with E-state index in [2.05, 4.69) is 5.32 Å². The summed E-state index contributed by atoms with van der Waals surface area (Å²) in [7, 11) is 0. The van der Waals surface area contributed by atoms with Crippen molar-refractivity contribution in [2.45, 2.75) is 39.0 Å². The fraction of sp³-hybridized carbons (Fsp3) is 0.867. The van der Waals surface area contributed by atoms with Gasteiger partial charge < -0.3 is 15.0 Å². The number of hydrogen-bond acceptors (Lipinski definition) is 4. The van der Waals surface area contributed by atoms with Crippen LogP contribution in [-0.2, 0) is 14.3 Å². The van der Waals surface area contributed by atoms with Crippen molar-refractivity contribution in [1.29, 1.82) is 0 Å². The van der Waals surface area contributed by atoms with Gasteiger partial charge in [-0.2, -0.15) is 0 Å². The van der Waals surface area contributed by atoms with Crippen LogP contribution in [0.4, 0.5) is 0 Å². The lowest BCUT2D eigenvalue weighted by molar-refractivity contribution is -0.151. The number of ether oxygens (including phenoxy) is 1. The number of amides is 1. The summed E-state index contributed by atoms with van der Waals surface area (Å²) in [4.78, 5) is 25.9. The zero-order chi connectivity index (χ0) is 14.4. The van der Waals surface area contributed by atoms with Crippen molar-refractivity contribution in [3.05, 3.63) is 0 Å². The Bertz CT molecular complexity index is 340. The molecular weight excluding hydrogens is 256 g/mol. The lowest BCUT2D eigenvalue weighted by Gasteiger charge is -2.31. The molecule has 1 N–H and O–H groups in total. The number of nitrogens with zero attached hydrogens (tertiary/aromatic N) is 1. The Kier molecular flexibility index (Phi) is 5.83. The highest BCUT2D eigenvalue weighted by molar-refractivity contribution is 5.78. The maximum absolute atomic E-state index is 12.2. The van der Waals surface area contributed by atoms with Crippen LogP contribution < -0.4 is 5.32 Å². The Morgan fingerprint density at radius 3 is 2.90 bits per heavy atom. The molecule has 0 saturated carbocycles. The molecule has 2 aliphatic rings. The number of esters is 1. The third-order valence-electron chi connectivity index (χ3n) is 4.32. The van der Waals surface area contributed by atoms with E-state index in [1.807, 2.05) is 11.8 Å².